The molecule has 20 heavy (non-hydrogen) atoms. The summed E-state index contributed by atoms with van der Waals surface area (Å²) in [5.74, 6) is -0.347. The molecule has 112 valence electrons. The largest absolute Gasteiger partial charge is 0.573 e. The number of amides is 1. The third-order valence-electron chi connectivity index (χ3n) is 2.36. The van der Waals surface area contributed by atoms with E-state index in [2.05, 4.69) is 10.1 Å². The predicted molar refractivity (Wildman–Crippen MR) is 65.6 cm³/mol. The van der Waals surface area contributed by atoms with Gasteiger partial charge in [0.2, 0.25) is 0 Å². The van der Waals surface area contributed by atoms with Crippen LogP contribution in [-0.2, 0) is 0 Å². The molecule has 1 aromatic rings. The highest BCUT2D eigenvalue weighted by Crippen LogP contribution is 2.24. The van der Waals surface area contributed by atoms with Crippen molar-refractivity contribution in [1.82, 2.24) is 10.2 Å². The van der Waals surface area contributed by atoms with Crippen molar-refractivity contribution < 1.29 is 27.8 Å². The highest BCUT2D eigenvalue weighted by molar-refractivity contribution is 5.65. The van der Waals surface area contributed by atoms with E-state index >= 15 is 0 Å². The van der Waals surface area contributed by atoms with Gasteiger partial charge in [0.05, 0.1) is 6.04 Å². The van der Waals surface area contributed by atoms with Gasteiger partial charge in [-0.1, -0.05) is 12.1 Å². The van der Waals surface area contributed by atoms with E-state index in [0.29, 0.717) is 12.1 Å². The minimum Gasteiger partial charge on any atom is -0.465 e. The Kier molecular flexibility index (Phi) is 5.20. The number of nitrogens with zero attached hydrogens (tertiary/aromatic N) is 1. The summed E-state index contributed by atoms with van der Waals surface area (Å²) in [6.07, 6.45) is -5.95. The highest BCUT2D eigenvalue weighted by Gasteiger charge is 2.31. The van der Waals surface area contributed by atoms with Crippen LogP contribution in [0.15, 0.2) is 24.3 Å². The maximum Gasteiger partial charge on any atom is 0.573 e. The van der Waals surface area contributed by atoms with Gasteiger partial charge in [-0.25, -0.2) is 4.79 Å². The Morgan fingerprint density at radius 2 is 1.90 bits per heavy atom. The van der Waals surface area contributed by atoms with E-state index in [9.17, 15) is 18.0 Å². The number of halogens is 3. The first-order chi connectivity index (χ1) is 9.17. The lowest BCUT2D eigenvalue weighted by Crippen LogP contribution is -2.34. The van der Waals surface area contributed by atoms with Gasteiger partial charge in [-0.2, -0.15) is 0 Å². The first-order valence-electron chi connectivity index (χ1n) is 5.67. The molecule has 0 fully saturated rings. The molecule has 2 N–H and O–H groups in total. The Hall–Kier alpha value is -1.96. The van der Waals surface area contributed by atoms with E-state index in [1.54, 1.807) is 19.0 Å². The molecule has 1 rings (SSSR count). The molecule has 0 heterocycles. The zero-order valence-electron chi connectivity index (χ0n) is 10.9. The molecule has 1 atom stereocenters. The summed E-state index contributed by atoms with van der Waals surface area (Å²) in [5, 5.41) is 11.1. The normalized spacial score (nSPS) is 13.1. The van der Waals surface area contributed by atoms with Gasteiger partial charge in [0, 0.05) is 6.54 Å². The van der Waals surface area contributed by atoms with Crippen molar-refractivity contribution in [3.63, 3.8) is 0 Å². The molecule has 5 nitrogen and oxygen atoms in total. The monoisotopic (exact) mass is 292 g/mol. The molecule has 0 saturated heterocycles. The molecular weight excluding hydrogens is 277 g/mol. The van der Waals surface area contributed by atoms with Crippen LogP contribution in [-0.4, -0.2) is 43.1 Å². The number of carbonyl (C=O) groups is 1. The summed E-state index contributed by atoms with van der Waals surface area (Å²) in [6.45, 7) is 0.381. The maximum atomic E-state index is 12.0. The summed E-state index contributed by atoms with van der Waals surface area (Å²) in [7, 11) is 3.52. The molecule has 1 aromatic carbocycles. The lowest BCUT2D eigenvalue weighted by molar-refractivity contribution is -0.274. The van der Waals surface area contributed by atoms with Gasteiger partial charge in [0.1, 0.15) is 5.75 Å². The zero-order valence-corrected chi connectivity index (χ0v) is 10.9. The lowest BCUT2D eigenvalue weighted by Gasteiger charge is -2.21. The van der Waals surface area contributed by atoms with Gasteiger partial charge in [-0.3, -0.25) is 0 Å². The second-order valence-corrected chi connectivity index (χ2v) is 4.38. The van der Waals surface area contributed by atoms with Crippen LogP contribution in [0.3, 0.4) is 0 Å². The number of rotatable bonds is 5. The average molecular weight is 292 g/mol. The van der Waals surface area contributed by atoms with Crippen molar-refractivity contribution in [2.75, 3.05) is 20.6 Å². The van der Waals surface area contributed by atoms with Gasteiger partial charge in [0.25, 0.3) is 0 Å². The fraction of sp³-hybridized carbons (Fsp3) is 0.417. The smallest absolute Gasteiger partial charge is 0.465 e. The molecule has 0 aliphatic rings. The van der Waals surface area contributed by atoms with Crippen molar-refractivity contribution >= 4 is 6.09 Å². The molecule has 8 heteroatoms. The van der Waals surface area contributed by atoms with E-state index in [1.807, 2.05) is 0 Å². The summed E-state index contributed by atoms with van der Waals surface area (Å²) < 4.78 is 39.8. The van der Waals surface area contributed by atoms with Crippen LogP contribution >= 0.6 is 0 Å². The third kappa shape index (κ3) is 5.79. The van der Waals surface area contributed by atoms with E-state index in [0.717, 1.165) is 12.1 Å². The van der Waals surface area contributed by atoms with Crippen molar-refractivity contribution in [1.29, 1.82) is 0 Å². The second kappa shape index (κ2) is 6.47. The number of likely N-dealkylation sites (N-methyl/N-ethyl adjacent to an activating group) is 1. The molecule has 1 unspecified atom stereocenters. The number of ether oxygens (including phenoxy) is 1. The quantitative estimate of drug-likeness (QED) is 0.875. The van der Waals surface area contributed by atoms with Crippen LogP contribution in [0.1, 0.15) is 11.6 Å². The molecule has 0 aromatic heterocycles. The van der Waals surface area contributed by atoms with Gasteiger partial charge < -0.3 is 20.1 Å². The zero-order chi connectivity index (χ0) is 15.3. The van der Waals surface area contributed by atoms with Crippen LogP contribution in [0.25, 0.3) is 0 Å². The van der Waals surface area contributed by atoms with Gasteiger partial charge in [-0.15, -0.1) is 13.2 Å². The summed E-state index contributed by atoms with van der Waals surface area (Å²) >= 11 is 0. The van der Waals surface area contributed by atoms with Crippen molar-refractivity contribution in [2.45, 2.75) is 12.4 Å². The van der Waals surface area contributed by atoms with Crippen molar-refractivity contribution in [2.24, 2.45) is 0 Å². The molecular formula is C12H15F3N2O3. The van der Waals surface area contributed by atoms with E-state index in [1.165, 1.54) is 12.1 Å². The molecule has 0 spiro atoms. The van der Waals surface area contributed by atoms with Crippen LogP contribution in [0, 0.1) is 0 Å². The number of hydrogen-bond donors (Lipinski definition) is 2. The number of benzene rings is 1. The number of alkyl halides is 3. The van der Waals surface area contributed by atoms with Crippen LogP contribution < -0.4 is 10.1 Å². The fourth-order valence-electron chi connectivity index (χ4n) is 1.65. The van der Waals surface area contributed by atoms with Crippen LogP contribution in [0.5, 0.6) is 5.75 Å². The maximum absolute atomic E-state index is 12.0. The van der Waals surface area contributed by atoms with E-state index in [4.69, 9.17) is 5.11 Å². The van der Waals surface area contributed by atoms with Crippen LogP contribution in [0.4, 0.5) is 18.0 Å². The molecule has 0 aliphatic carbocycles. The number of hydrogen-bond acceptors (Lipinski definition) is 3. The van der Waals surface area contributed by atoms with Gasteiger partial charge >= 0.3 is 12.5 Å². The Balaban J connectivity index is 2.84. The molecule has 0 radical (unpaired) electrons. The molecule has 0 bridgehead atoms. The second-order valence-electron chi connectivity index (χ2n) is 4.38. The van der Waals surface area contributed by atoms with E-state index < -0.39 is 18.5 Å². The SMILES string of the molecule is CN(C)CC(NC(=O)O)c1ccc(OC(F)(F)F)cc1. The van der Waals surface area contributed by atoms with Gasteiger partial charge in [0.15, 0.2) is 0 Å². The average Bonchev–Trinajstić information content (AvgIpc) is 2.25. The Bertz CT molecular complexity index is 446. The van der Waals surface area contributed by atoms with Crippen molar-refractivity contribution in [3.8, 4) is 5.75 Å². The Morgan fingerprint density at radius 3 is 2.30 bits per heavy atom. The Morgan fingerprint density at radius 1 is 1.35 bits per heavy atom. The number of nitrogens with one attached hydrogen (secondary N) is 1. The molecule has 1 amide bonds. The lowest BCUT2D eigenvalue weighted by atomic mass is 10.1. The summed E-state index contributed by atoms with van der Waals surface area (Å²) in [4.78, 5) is 12.5. The summed E-state index contributed by atoms with van der Waals surface area (Å²) in [5.41, 5.74) is 0.552. The topological polar surface area (TPSA) is 61.8 Å². The minimum atomic E-state index is -4.75. The van der Waals surface area contributed by atoms with E-state index in [-0.39, 0.29) is 5.75 Å². The molecule has 0 saturated carbocycles. The number of carboxylic acid groups (broad SMARTS) is 1. The first-order valence-corrected chi connectivity index (χ1v) is 5.67. The predicted octanol–water partition coefficient (Wildman–Crippen LogP) is 2.46. The summed E-state index contributed by atoms with van der Waals surface area (Å²) in [6, 6.07) is 4.54. The van der Waals surface area contributed by atoms with Gasteiger partial charge in [-0.05, 0) is 31.8 Å². The van der Waals surface area contributed by atoms with Crippen molar-refractivity contribution in [3.05, 3.63) is 29.8 Å². The fourth-order valence-corrected chi connectivity index (χ4v) is 1.65. The third-order valence-corrected chi connectivity index (χ3v) is 2.36. The standard InChI is InChI=1S/C12H15F3N2O3/c1-17(2)7-10(16-11(18)19)8-3-5-9(6-4-8)20-12(13,14)15/h3-6,10,16H,7H2,1-2H3,(H,18,19). The highest BCUT2D eigenvalue weighted by atomic mass is 19.4. The van der Waals surface area contributed by atoms with Crippen LogP contribution in [0.2, 0.25) is 0 Å². The molecule has 0 aliphatic heterocycles. The Labute approximate surface area is 113 Å². The first kappa shape index (κ1) is 16.1. The minimum absolute atomic E-state index is 0.347.